The summed E-state index contributed by atoms with van der Waals surface area (Å²) in [5.74, 6) is 1.44. The Kier molecular flexibility index (Phi) is 4.63. The second-order valence-electron chi connectivity index (χ2n) is 4.28. The van der Waals surface area contributed by atoms with Gasteiger partial charge in [0, 0.05) is 25.2 Å². The normalized spacial score (nSPS) is 10.4. The van der Waals surface area contributed by atoms with Crippen LogP contribution in [-0.2, 0) is 7.05 Å². The van der Waals surface area contributed by atoms with Crippen molar-refractivity contribution in [2.24, 2.45) is 7.05 Å². The molecule has 0 radical (unpaired) electrons. The summed E-state index contributed by atoms with van der Waals surface area (Å²) in [7, 11) is 1.75. The van der Waals surface area contributed by atoms with Gasteiger partial charge in [-0.3, -0.25) is 4.79 Å². The Labute approximate surface area is 117 Å². The fourth-order valence-electron chi connectivity index (χ4n) is 1.75. The van der Waals surface area contributed by atoms with E-state index in [0.29, 0.717) is 12.5 Å². The van der Waals surface area contributed by atoms with Crippen LogP contribution < -0.4 is 10.3 Å². The van der Waals surface area contributed by atoms with E-state index in [1.165, 1.54) is 0 Å². The molecule has 0 aliphatic rings. The van der Waals surface area contributed by atoms with Gasteiger partial charge in [-0.2, -0.15) is 0 Å². The van der Waals surface area contributed by atoms with Crippen LogP contribution in [0.2, 0.25) is 0 Å². The largest absolute Gasteiger partial charge is 0.494 e. The number of alkyl halides is 1. The van der Waals surface area contributed by atoms with Crippen molar-refractivity contribution in [3.05, 3.63) is 52.9 Å². The molecule has 0 saturated heterocycles. The minimum atomic E-state index is -0.00946. The van der Waals surface area contributed by atoms with E-state index in [0.717, 1.165) is 23.3 Å². The molecule has 0 unspecified atom stereocenters. The number of ether oxygens (including phenoxy) is 1. The average Bonchev–Trinajstić information content (AvgIpc) is 2.43. The second-order valence-corrected chi connectivity index (χ2v) is 4.66. The maximum Gasteiger partial charge on any atom is 0.250 e. The first-order chi connectivity index (χ1) is 9.20. The van der Waals surface area contributed by atoms with E-state index in [-0.39, 0.29) is 5.56 Å². The monoisotopic (exact) mass is 277 g/mol. The molecular weight excluding hydrogens is 262 g/mol. The first-order valence-corrected chi connectivity index (χ1v) is 6.70. The molecule has 0 amide bonds. The lowest BCUT2D eigenvalue weighted by atomic mass is 10.1. The Hall–Kier alpha value is -1.74. The highest BCUT2D eigenvalue weighted by molar-refractivity contribution is 6.17. The van der Waals surface area contributed by atoms with Crippen molar-refractivity contribution in [1.82, 2.24) is 4.57 Å². The summed E-state index contributed by atoms with van der Waals surface area (Å²) >= 11 is 5.59. The molecule has 100 valence electrons. The van der Waals surface area contributed by atoms with Crippen molar-refractivity contribution >= 4 is 11.6 Å². The van der Waals surface area contributed by atoms with Gasteiger partial charge in [0.05, 0.1) is 6.61 Å². The van der Waals surface area contributed by atoms with Gasteiger partial charge in [0.15, 0.2) is 0 Å². The first-order valence-electron chi connectivity index (χ1n) is 6.16. The molecule has 0 atom stereocenters. The van der Waals surface area contributed by atoms with Crippen LogP contribution >= 0.6 is 11.6 Å². The summed E-state index contributed by atoms with van der Waals surface area (Å²) in [6.07, 6.45) is 2.66. The van der Waals surface area contributed by atoms with Gasteiger partial charge in [-0.25, -0.2) is 0 Å². The number of aromatic nitrogens is 1. The molecule has 2 aromatic rings. The SMILES string of the molecule is Cn1cc(-c2ccc(OCCCCl)cc2)ccc1=O. The van der Waals surface area contributed by atoms with Crippen LogP contribution in [0.4, 0.5) is 0 Å². The predicted octanol–water partition coefficient (Wildman–Crippen LogP) is 3.06. The molecule has 4 heteroatoms. The molecule has 1 aromatic carbocycles. The predicted molar refractivity (Wildman–Crippen MR) is 78.0 cm³/mol. The molecule has 0 fully saturated rings. The van der Waals surface area contributed by atoms with Gasteiger partial charge in [-0.15, -0.1) is 11.6 Å². The van der Waals surface area contributed by atoms with Gasteiger partial charge in [0.2, 0.25) is 5.56 Å². The van der Waals surface area contributed by atoms with E-state index in [9.17, 15) is 4.79 Å². The van der Waals surface area contributed by atoms with Crippen molar-refractivity contribution in [3.63, 3.8) is 0 Å². The fraction of sp³-hybridized carbons (Fsp3) is 0.267. The van der Waals surface area contributed by atoms with Crippen LogP contribution in [0.3, 0.4) is 0 Å². The molecular formula is C15H16ClNO2. The number of pyridine rings is 1. The summed E-state index contributed by atoms with van der Waals surface area (Å²) in [5, 5.41) is 0. The minimum Gasteiger partial charge on any atom is -0.494 e. The van der Waals surface area contributed by atoms with Gasteiger partial charge in [-0.05, 0) is 35.7 Å². The Morgan fingerprint density at radius 2 is 1.79 bits per heavy atom. The summed E-state index contributed by atoms with van der Waals surface area (Å²) < 4.78 is 7.11. The van der Waals surface area contributed by atoms with E-state index >= 15 is 0 Å². The molecule has 2 rings (SSSR count). The van der Waals surface area contributed by atoms with Crippen molar-refractivity contribution in [3.8, 4) is 16.9 Å². The summed E-state index contributed by atoms with van der Waals surface area (Å²) in [5.41, 5.74) is 2.06. The quantitative estimate of drug-likeness (QED) is 0.621. The van der Waals surface area contributed by atoms with Gasteiger partial charge < -0.3 is 9.30 Å². The van der Waals surface area contributed by atoms with E-state index in [2.05, 4.69) is 0 Å². The third-order valence-electron chi connectivity index (χ3n) is 2.82. The van der Waals surface area contributed by atoms with Gasteiger partial charge in [0.1, 0.15) is 5.75 Å². The molecule has 0 bridgehead atoms. The summed E-state index contributed by atoms with van der Waals surface area (Å²) in [6.45, 7) is 0.628. The third kappa shape index (κ3) is 3.61. The van der Waals surface area contributed by atoms with Gasteiger partial charge >= 0.3 is 0 Å². The minimum absolute atomic E-state index is 0.00946. The maximum absolute atomic E-state index is 11.3. The van der Waals surface area contributed by atoms with Crippen molar-refractivity contribution in [2.45, 2.75) is 6.42 Å². The molecule has 0 aliphatic heterocycles. The van der Waals surface area contributed by atoms with Crippen LogP contribution in [0, 0.1) is 0 Å². The zero-order valence-corrected chi connectivity index (χ0v) is 11.6. The fourth-order valence-corrected chi connectivity index (χ4v) is 1.86. The molecule has 3 nitrogen and oxygen atoms in total. The maximum atomic E-state index is 11.3. The number of halogens is 1. The summed E-state index contributed by atoms with van der Waals surface area (Å²) in [6, 6.07) is 11.2. The Morgan fingerprint density at radius 3 is 2.42 bits per heavy atom. The Balaban J connectivity index is 2.13. The van der Waals surface area contributed by atoms with Crippen LogP contribution in [-0.4, -0.2) is 17.1 Å². The van der Waals surface area contributed by atoms with Crippen molar-refractivity contribution in [2.75, 3.05) is 12.5 Å². The van der Waals surface area contributed by atoms with E-state index in [4.69, 9.17) is 16.3 Å². The Bertz CT molecular complexity index is 590. The molecule has 1 aromatic heterocycles. The molecule has 0 saturated carbocycles. The van der Waals surface area contributed by atoms with Crippen LogP contribution in [0.15, 0.2) is 47.4 Å². The number of aryl methyl sites for hydroxylation is 1. The molecule has 19 heavy (non-hydrogen) atoms. The average molecular weight is 278 g/mol. The lowest BCUT2D eigenvalue weighted by molar-refractivity contribution is 0.318. The van der Waals surface area contributed by atoms with Gasteiger partial charge in [-0.1, -0.05) is 12.1 Å². The van der Waals surface area contributed by atoms with Crippen LogP contribution in [0.25, 0.3) is 11.1 Å². The highest BCUT2D eigenvalue weighted by Crippen LogP contribution is 2.21. The van der Waals surface area contributed by atoms with Crippen LogP contribution in [0.1, 0.15) is 6.42 Å². The Morgan fingerprint density at radius 1 is 1.11 bits per heavy atom. The van der Waals surface area contributed by atoms with Gasteiger partial charge in [0.25, 0.3) is 0 Å². The summed E-state index contributed by atoms with van der Waals surface area (Å²) in [4.78, 5) is 11.3. The number of rotatable bonds is 5. The highest BCUT2D eigenvalue weighted by Gasteiger charge is 2.00. The zero-order chi connectivity index (χ0) is 13.7. The number of benzene rings is 1. The number of nitrogens with zero attached hydrogens (tertiary/aromatic N) is 1. The van der Waals surface area contributed by atoms with Crippen molar-refractivity contribution < 1.29 is 4.74 Å². The van der Waals surface area contributed by atoms with Crippen molar-refractivity contribution in [1.29, 1.82) is 0 Å². The third-order valence-corrected chi connectivity index (χ3v) is 3.09. The number of hydrogen-bond acceptors (Lipinski definition) is 2. The highest BCUT2D eigenvalue weighted by atomic mass is 35.5. The first kappa shape index (κ1) is 13.7. The number of hydrogen-bond donors (Lipinski definition) is 0. The smallest absolute Gasteiger partial charge is 0.250 e. The molecule has 0 N–H and O–H groups in total. The second kappa shape index (κ2) is 6.43. The molecule has 0 aliphatic carbocycles. The standard InChI is InChI=1S/C15H16ClNO2/c1-17-11-13(5-8-15(17)18)12-3-6-14(7-4-12)19-10-2-9-16/h3-8,11H,2,9-10H2,1H3. The lowest BCUT2D eigenvalue weighted by Crippen LogP contribution is -2.13. The molecule has 0 spiro atoms. The lowest BCUT2D eigenvalue weighted by Gasteiger charge is -2.07. The topological polar surface area (TPSA) is 31.2 Å². The zero-order valence-electron chi connectivity index (χ0n) is 10.8. The van der Waals surface area contributed by atoms with E-state index < -0.39 is 0 Å². The van der Waals surface area contributed by atoms with E-state index in [1.54, 1.807) is 17.7 Å². The molecule has 1 heterocycles. The van der Waals surface area contributed by atoms with E-state index in [1.807, 2.05) is 36.5 Å². The van der Waals surface area contributed by atoms with Crippen LogP contribution in [0.5, 0.6) is 5.75 Å².